The second-order valence-electron chi connectivity index (χ2n) is 4.06. The van der Waals surface area contributed by atoms with Crippen molar-refractivity contribution in [2.75, 3.05) is 0 Å². The van der Waals surface area contributed by atoms with E-state index < -0.39 is 12.4 Å². The highest BCUT2D eigenvalue weighted by atomic mass is 19.4. The molecule has 0 spiro atoms. The molecule has 0 aliphatic rings. The van der Waals surface area contributed by atoms with Gasteiger partial charge in [-0.1, -0.05) is 24.3 Å². The summed E-state index contributed by atoms with van der Waals surface area (Å²) in [5, 5.41) is 0. The van der Waals surface area contributed by atoms with E-state index >= 15 is 0 Å². The van der Waals surface area contributed by atoms with E-state index in [0.717, 1.165) is 12.1 Å². The molecule has 0 aromatic heterocycles. The van der Waals surface area contributed by atoms with Gasteiger partial charge in [0, 0.05) is 0 Å². The van der Waals surface area contributed by atoms with Crippen molar-refractivity contribution in [3.05, 3.63) is 59.9 Å². The quantitative estimate of drug-likeness (QED) is 0.610. The Hall–Kier alpha value is -1.98. The second kappa shape index (κ2) is 5.34. The molecule has 2 aromatic carbocycles. The zero-order valence-electron chi connectivity index (χ0n) is 9.82. The Labute approximate surface area is 107 Å². The van der Waals surface area contributed by atoms with Gasteiger partial charge in [-0.15, -0.1) is 5.46 Å². The third-order valence-corrected chi connectivity index (χ3v) is 2.55. The van der Waals surface area contributed by atoms with Gasteiger partial charge in [-0.25, -0.2) is 4.39 Å². The molecule has 100 valence electrons. The van der Waals surface area contributed by atoms with Crippen LogP contribution < -0.4 is 10.2 Å². The zero-order valence-corrected chi connectivity index (χ0v) is 9.82. The van der Waals surface area contributed by atoms with Crippen molar-refractivity contribution in [1.82, 2.24) is 0 Å². The molecule has 0 saturated carbocycles. The first-order valence-corrected chi connectivity index (χ1v) is 5.62. The summed E-state index contributed by atoms with van der Waals surface area (Å²) in [5.74, 6) is -0.230. The van der Waals surface area contributed by atoms with Crippen LogP contribution in [0.25, 0.3) is 0 Å². The molecule has 0 bridgehead atoms. The van der Waals surface area contributed by atoms with Gasteiger partial charge < -0.3 is 17.7 Å². The first-order chi connectivity index (χ1) is 8.95. The van der Waals surface area contributed by atoms with E-state index in [-0.39, 0.29) is 18.2 Å². The molecule has 0 unspecified atom stereocenters. The highest BCUT2D eigenvalue weighted by Crippen LogP contribution is 2.16. The molecule has 0 saturated heterocycles. The Morgan fingerprint density at radius 3 is 2.26 bits per heavy atom. The van der Waals surface area contributed by atoms with Gasteiger partial charge in [-0.05, 0) is 29.8 Å². The number of benzene rings is 2. The van der Waals surface area contributed by atoms with Crippen molar-refractivity contribution >= 4 is 12.4 Å². The smallest absolute Gasteiger partial charge is 0.489 e. The average Bonchev–Trinajstić information content (AvgIpc) is 2.37. The fourth-order valence-electron chi connectivity index (χ4n) is 1.56. The predicted octanol–water partition coefficient (Wildman–Crippen LogP) is 3.46. The Morgan fingerprint density at radius 1 is 0.947 bits per heavy atom. The molecule has 0 aliphatic carbocycles. The van der Waals surface area contributed by atoms with Crippen LogP contribution in [0.15, 0.2) is 48.5 Å². The minimum Gasteiger partial charge on any atom is -0.489 e. The average molecular weight is 269 g/mol. The van der Waals surface area contributed by atoms with Gasteiger partial charge in [0.25, 0.3) is 0 Å². The Kier molecular flexibility index (Phi) is 3.78. The highest BCUT2D eigenvalue weighted by molar-refractivity contribution is 6.73. The summed E-state index contributed by atoms with van der Waals surface area (Å²) in [5.41, 5.74) is -0.0130. The summed E-state index contributed by atoms with van der Waals surface area (Å²) in [6.07, 6.45) is 0. The first kappa shape index (κ1) is 13.5. The van der Waals surface area contributed by atoms with Crippen LogP contribution in [0, 0.1) is 5.82 Å². The van der Waals surface area contributed by atoms with Crippen molar-refractivity contribution in [2.45, 2.75) is 6.61 Å². The van der Waals surface area contributed by atoms with Gasteiger partial charge in [0.05, 0.1) is 0 Å². The molecule has 6 heteroatoms. The van der Waals surface area contributed by atoms with Crippen LogP contribution >= 0.6 is 0 Å². The van der Waals surface area contributed by atoms with E-state index in [1.165, 1.54) is 36.4 Å². The number of hydrogen-bond donors (Lipinski definition) is 0. The largest absolute Gasteiger partial charge is 0.509 e. The molecule has 2 rings (SSSR count). The van der Waals surface area contributed by atoms with Crippen LogP contribution in [0.4, 0.5) is 17.3 Å². The van der Waals surface area contributed by atoms with Crippen LogP contribution in [0.5, 0.6) is 5.75 Å². The van der Waals surface area contributed by atoms with E-state index in [1.54, 1.807) is 0 Å². The van der Waals surface area contributed by atoms with Gasteiger partial charge in [0.2, 0.25) is 0 Å². The van der Waals surface area contributed by atoms with Crippen molar-refractivity contribution in [2.24, 2.45) is 0 Å². The third-order valence-electron chi connectivity index (χ3n) is 2.55. The molecule has 0 atom stereocenters. The van der Waals surface area contributed by atoms with E-state index in [1.807, 2.05) is 0 Å². The molecule has 2 aromatic rings. The molecule has 19 heavy (non-hydrogen) atoms. The van der Waals surface area contributed by atoms with E-state index in [2.05, 4.69) is 0 Å². The SMILES string of the molecule is Fc1ccc(COc2cccc([B-](F)(F)F)c2)cc1. The van der Waals surface area contributed by atoms with Crippen molar-refractivity contribution < 1.29 is 22.1 Å². The molecule has 0 fully saturated rings. The summed E-state index contributed by atoms with van der Waals surface area (Å²) in [4.78, 5) is 0. The molecule has 1 nitrogen and oxygen atoms in total. The summed E-state index contributed by atoms with van der Waals surface area (Å²) in [6.45, 7) is -4.94. The molecule has 0 amide bonds. The normalized spacial score (nSPS) is 11.4. The molecular formula is C13H10BF4O-. The Balaban J connectivity index is 2.05. The van der Waals surface area contributed by atoms with E-state index in [9.17, 15) is 17.3 Å². The molecular weight excluding hydrogens is 259 g/mol. The minimum absolute atomic E-state index is 0.0919. The Bertz CT molecular complexity index is 551. The maximum Gasteiger partial charge on any atom is 0.509 e. The maximum atomic E-state index is 12.7. The van der Waals surface area contributed by atoms with Gasteiger partial charge in [-0.3, -0.25) is 0 Å². The predicted molar refractivity (Wildman–Crippen MR) is 65.9 cm³/mol. The lowest BCUT2D eigenvalue weighted by Gasteiger charge is -2.16. The number of ether oxygens (including phenoxy) is 1. The molecule has 0 aliphatic heterocycles. The minimum atomic E-state index is -5.03. The third kappa shape index (κ3) is 3.74. The lowest BCUT2D eigenvalue weighted by Crippen LogP contribution is -2.33. The first-order valence-electron chi connectivity index (χ1n) is 5.62. The van der Waals surface area contributed by atoms with Crippen LogP contribution in [0.1, 0.15) is 5.56 Å². The molecule has 0 radical (unpaired) electrons. The second-order valence-corrected chi connectivity index (χ2v) is 4.06. The number of hydrogen-bond acceptors (Lipinski definition) is 1. The van der Waals surface area contributed by atoms with Gasteiger partial charge in [0.1, 0.15) is 18.2 Å². The van der Waals surface area contributed by atoms with Crippen LogP contribution in [-0.2, 0) is 6.61 Å². The zero-order chi connectivity index (χ0) is 13.9. The van der Waals surface area contributed by atoms with Gasteiger partial charge in [0.15, 0.2) is 0 Å². The van der Waals surface area contributed by atoms with Crippen LogP contribution in [-0.4, -0.2) is 6.98 Å². The van der Waals surface area contributed by atoms with Gasteiger partial charge >= 0.3 is 6.98 Å². The monoisotopic (exact) mass is 269 g/mol. The van der Waals surface area contributed by atoms with E-state index in [0.29, 0.717) is 5.56 Å². The fraction of sp³-hybridized carbons (Fsp3) is 0.0769. The summed E-state index contributed by atoms with van der Waals surface area (Å²) < 4.78 is 55.5. The van der Waals surface area contributed by atoms with Crippen LogP contribution in [0.2, 0.25) is 0 Å². The van der Waals surface area contributed by atoms with Gasteiger partial charge in [-0.2, -0.15) is 0 Å². The lowest BCUT2D eigenvalue weighted by atomic mass is 9.80. The molecule has 0 heterocycles. The lowest BCUT2D eigenvalue weighted by molar-refractivity contribution is 0.306. The number of halogens is 4. The Morgan fingerprint density at radius 2 is 1.63 bits per heavy atom. The standard InChI is InChI=1S/C13H10BF4O/c15-12-6-4-10(5-7-12)9-19-13-3-1-2-11(8-13)14(16,17)18/h1-8H,9H2/q-1. The van der Waals surface area contributed by atoms with Crippen molar-refractivity contribution in [3.8, 4) is 5.75 Å². The highest BCUT2D eigenvalue weighted by Gasteiger charge is 2.25. The summed E-state index contributed by atoms with van der Waals surface area (Å²) in [7, 11) is 0. The molecule has 0 N–H and O–H groups in total. The summed E-state index contributed by atoms with van der Waals surface area (Å²) in [6, 6.07) is 10.3. The van der Waals surface area contributed by atoms with Crippen LogP contribution in [0.3, 0.4) is 0 Å². The van der Waals surface area contributed by atoms with Crippen molar-refractivity contribution in [1.29, 1.82) is 0 Å². The van der Waals surface area contributed by atoms with E-state index in [4.69, 9.17) is 4.74 Å². The fourth-order valence-corrected chi connectivity index (χ4v) is 1.56. The maximum absolute atomic E-state index is 12.7. The van der Waals surface area contributed by atoms with Crippen molar-refractivity contribution in [3.63, 3.8) is 0 Å². The topological polar surface area (TPSA) is 9.23 Å². The summed E-state index contributed by atoms with van der Waals surface area (Å²) >= 11 is 0. The number of rotatable bonds is 4.